The molecule has 0 fully saturated rings. The summed E-state index contributed by atoms with van der Waals surface area (Å²) in [6.07, 6.45) is 0.707. The van der Waals surface area contributed by atoms with Gasteiger partial charge in [-0.3, -0.25) is 4.79 Å². The number of ketones is 1. The fraction of sp³-hybridized carbons (Fsp3) is 0.333. The summed E-state index contributed by atoms with van der Waals surface area (Å²) in [5.74, 6) is -0.369. The molecular formula is C15H18O4. The van der Waals surface area contributed by atoms with E-state index in [4.69, 9.17) is 4.74 Å². The highest BCUT2D eigenvalue weighted by atomic mass is 16.7. The highest BCUT2D eigenvalue weighted by molar-refractivity contribution is 6.08. The first-order chi connectivity index (χ1) is 8.83. The van der Waals surface area contributed by atoms with Crippen molar-refractivity contribution >= 4 is 11.9 Å². The summed E-state index contributed by atoms with van der Waals surface area (Å²) in [4.78, 5) is 23.5. The van der Waals surface area contributed by atoms with Crippen LogP contribution in [0.1, 0.15) is 31.1 Å². The van der Waals surface area contributed by atoms with Crippen LogP contribution in [-0.4, -0.2) is 19.0 Å². The van der Waals surface area contributed by atoms with Gasteiger partial charge < -0.3 is 9.47 Å². The standard InChI is InChI=1S/C15H18O4/c1-15(2,3)10-12(19-14(17)18-4)13(16)11-8-6-5-7-9-11/h5-10H,1-4H3/b12-10-. The molecule has 1 aromatic rings. The maximum atomic E-state index is 12.3. The minimum Gasteiger partial charge on any atom is -0.437 e. The molecule has 102 valence electrons. The van der Waals surface area contributed by atoms with Crippen molar-refractivity contribution in [2.45, 2.75) is 20.8 Å². The number of Topliss-reactive ketones (excluding diaryl/α,β-unsaturated/α-hetero) is 1. The molecule has 0 N–H and O–H groups in total. The smallest absolute Gasteiger partial charge is 0.437 e. The largest absolute Gasteiger partial charge is 0.513 e. The summed E-state index contributed by atoms with van der Waals surface area (Å²) in [5, 5.41) is 0. The zero-order chi connectivity index (χ0) is 14.5. The van der Waals surface area contributed by atoms with Crippen LogP contribution in [0.15, 0.2) is 42.2 Å². The van der Waals surface area contributed by atoms with E-state index in [-0.39, 0.29) is 17.0 Å². The summed E-state index contributed by atoms with van der Waals surface area (Å²) in [6.45, 7) is 5.73. The third-order valence-corrected chi connectivity index (χ3v) is 2.18. The first-order valence-corrected chi connectivity index (χ1v) is 5.92. The molecule has 0 aliphatic rings. The molecule has 0 aliphatic carbocycles. The van der Waals surface area contributed by atoms with Gasteiger partial charge in [0.2, 0.25) is 5.78 Å². The summed E-state index contributed by atoms with van der Waals surface area (Å²) in [6, 6.07) is 8.64. The molecule has 1 aromatic carbocycles. The van der Waals surface area contributed by atoms with Crippen molar-refractivity contribution in [2.24, 2.45) is 5.41 Å². The van der Waals surface area contributed by atoms with E-state index in [2.05, 4.69) is 4.74 Å². The number of methoxy groups -OCH3 is 1. The molecule has 1 rings (SSSR count). The van der Waals surface area contributed by atoms with E-state index in [1.54, 1.807) is 30.3 Å². The number of hydrogen-bond acceptors (Lipinski definition) is 4. The lowest BCUT2D eigenvalue weighted by Crippen LogP contribution is -2.15. The Morgan fingerprint density at radius 1 is 1.11 bits per heavy atom. The fourth-order valence-electron chi connectivity index (χ4n) is 1.40. The number of hydrogen-bond donors (Lipinski definition) is 0. The van der Waals surface area contributed by atoms with Crippen molar-refractivity contribution in [1.29, 1.82) is 0 Å². The van der Waals surface area contributed by atoms with E-state index in [0.29, 0.717) is 5.56 Å². The zero-order valence-electron chi connectivity index (χ0n) is 11.6. The Morgan fingerprint density at radius 3 is 2.16 bits per heavy atom. The zero-order valence-corrected chi connectivity index (χ0v) is 11.6. The van der Waals surface area contributed by atoms with Gasteiger partial charge in [-0.25, -0.2) is 4.79 Å². The Bertz CT molecular complexity index is 481. The van der Waals surface area contributed by atoms with Gasteiger partial charge in [0.1, 0.15) is 0 Å². The quantitative estimate of drug-likeness (QED) is 0.361. The second-order valence-corrected chi connectivity index (χ2v) is 5.13. The molecule has 0 heterocycles. The summed E-state index contributed by atoms with van der Waals surface area (Å²) in [7, 11) is 1.20. The molecule has 0 saturated carbocycles. The number of rotatable bonds is 3. The Balaban J connectivity index is 3.07. The van der Waals surface area contributed by atoms with Gasteiger partial charge in [0.15, 0.2) is 5.76 Å². The topological polar surface area (TPSA) is 52.6 Å². The van der Waals surface area contributed by atoms with E-state index in [1.807, 2.05) is 26.8 Å². The van der Waals surface area contributed by atoms with Crippen LogP contribution in [0.3, 0.4) is 0 Å². The summed E-state index contributed by atoms with van der Waals surface area (Å²) in [5.41, 5.74) is 0.162. The Kier molecular flexibility index (Phi) is 4.87. The van der Waals surface area contributed by atoms with Crippen molar-refractivity contribution < 1.29 is 19.1 Å². The molecular weight excluding hydrogens is 244 g/mol. The Hall–Kier alpha value is -2.10. The van der Waals surface area contributed by atoms with Gasteiger partial charge in [-0.15, -0.1) is 0 Å². The van der Waals surface area contributed by atoms with Crippen LogP contribution in [0.5, 0.6) is 0 Å². The molecule has 0 saturated heterocycles. The van der Waals surface area contributed by atoms with Gasteiger partial charge >= 0.3 is 6.16 Å². The molecule has 0 unspecified atom stereocenters. The molecule has 0 aliphatic heterocycles. The average Bonchev–Trinajstić information content (AvgIpc) is 2.36. The number of benzene rings is 1. The van der Waals surface area contributed by atoms with Crippen molar-refractivity contribution in [2.75, 3.05) is 7.11 Å². The van der Waals surface area contributed by atoms with Crippen molar-refractivity contribution in [3.63, 3.8) is 0 Å². The third kappa shape index (κ3) is 4.95. The van der Waals surface area contributed by atoms with E-state index >= 15 is 0 Å². The summed E-state index contributed by atoms with van der Waals surface area (Å²) >= 11 is 0. The number of ether oxygens (including phenoxy) is 2. The number of allylic oxidation sites excluding steroid dienone is 2. The summed E-state index contributed by atoms with van der Waals surface area (Å²) < 4.78 is 9.37. The number of carbonyl (C=O) groups excluding carboxylic acids is 2. The van der Waals surface area contributed by atoms with Crippen LogP contribution in [0.25, 0.3) is 0 Å². The van der Waals surface area contributed by atoms with Gasteiger partial charge in [-0.2, -0.15) is 0 Å². The van der Waals surface area contributed by atoms with Gasteiger partial charge in [0, 0.05) is 5.56 Å². The molecule has 0 atom stereocenters. The van der Waals surface area contributed by atoms with Crippen LogP contribution < -0.4 is 0 Å². The lowest BCUT2D eigenvalue weighted by Gasteiger charge is -2.15. The van der Waals surface area contributed by atoms with Crippen molar-refractivity contribution in [3.05, 3.63) is 47.7 Å². The monoisotopic (exact) mass is 262 g/mol. The van der Waals surface area contributed by atoms with Crippen LogP contribution >= 0.6 is 0 Å². The molecule has 0 bridgehead atoms. The fourth-order valence-corrected chi connectivity index (χ4v) is 1.40. The molecule has 0 spiro atoms. The lowest BCUT2D eigenvalue weighted by atomic mass is 9.94. The minimum absolute atomic E-state index is 0.0226. The lowest BCUT2D eigenvalue weighted by molar-refractivity contribution is 0.0785. The molecule has 0 radical (unpaired) electrons. The number of carbonyl (C=O) groups is 2. The second-order valence-electron chi connectivity index (χ2n) is 5.13. The normalized spacial score (nSPS) is 11.9. The van der Waals surface area contributed by atoms with E-state index < -0.39 is 6.16 Å². The van der Waals surface area contributed by atoms with E-state index in [0.717, 1.165) is 0 Å². The average molecular weight is 262 g/mol. The Morgan fingerprint density at radius 2 is 1.68 bits per heavy atom. The SMILES string of the molecule is COC(=O)O/C(=C\C(C)(C)C)C(=O)c1ccccc1. The first-order valence-electron chi connectivity index (χ1n) is 5.92. The molecule has 0 aromatic heterocycles. The second kappa shape index (κ2) is 6.18. The molecule has 19 heavy (non-hydrogen) atoms. The predicted octanol–water partition coefficient (Wildman–Crippen LogP) is 3.58. The Labute approximate surface area is 113 Å². The van der Waals surface area contributed by atoms with Crippen molar-refractivity contribution in [1.82, 2.24) is 0 Å². The first kappa shape index (κ1) is 15.0. The highest BCUT2D eigenvalue weighted by Crippen LogP contribution is 2.21. The highest BCUT2D eigenvalue weighted by Gasteiger charge is 2.21. The molecule has 0 amide bonds. The van der Waals surface area contributed by atoms with E-state index in [9.17, 15) is 9.59 Å². The van der Waals surface area contributed by atoms with Gasteiger partial charge in [-0.05, 0) is 11.5 Å². The maximum absolute atomic E-state index is 12.3. The van der Waals surface area contributed by atoms with Gasteiger partial charge in [0.05, 0.1) is 7.11 Å². The van der Waals surface area contributed by atoms with Crippen LogP contribution in [0.2, 0.25) is 0 Å². The van der Waals surface area contributed by atoms with Crippen molar-refractivity contribution in [3.8, 4) is 0 Å². The van der Waals surface area contributed by atoms with Crippen LogP contribution in [0, 0.1) is 5.41 Å². The maximum Gasteiger partial charge on any atom is 0.513 e. The molecule has 4 heteroatoms. The minimum atomic E-state index is -0.903. The van der Waals surface area contributed by atoms with Gasteiger partial charge in [-0.1, -0.05) is 51.1 Å². The van der Waals surface area contributed by atoms with Gasteiger partial charge in [0.25, 0.3) is 0 Å². The van der Waals surface area contributed by atoms with Crippen LogP contribution in [-0.2, 0) is 9.47 Å². The third-order valence-electron chi connectivity index (χ3n) is 2.18. The predicted molar refractivity (Wildman–Crippen MR) is 71.8 cm³/mol. The van der Waals surface area contributed by atoms with Crippen LogP contribution in [0.4, 0.5) is 4.79 Å². The molecule has 4 nitrogen and oxygen atoms in total. The van der Waals surface area contributed by atoms with E-state index in [1.165, 1.54) is 7.11 Å².